The molecule has 6 heteroatoms. The molecule has 4 aromatic heterocycles. The van der Waals surface area contributed by atoms with Crippen LogP contribution in [0.25, 0.3) is 11.6 Å². The fourth-order valence-electron chi connectivity index (χ4n) is 4.73. The molecule has 168 valence electrons. The molecule has 0 spiro atoms. The van der Waals surface area contributed by atoms with Gasteiger partial charge in [0.2, 0.25) is 8.07 Å². The summed E-state index contributed by atoms with van der Waals surface area (Å²) in [6.45, 7) is 0. The zero-order chi connectivity index (χ0) is 23.5. The van der Waals surface area contributed by atoms with E-state index in [1.807, 2.05) is 53.5 Å². The van der Waals surface area contributed by atoms with Crippen molar-refractivity contribution >= 4 is 29.0 Å². The van der Waals surface area contributed by atoms with Crippen LogP contribution in [0.15, 0.2) is 140 Å². The van der Waals surface area contributed by atoms with E-state index in [-0.39, 0.29) is 0 Å². The molecule has 0 aliphatic heterocycles. The van der Waals surface area contributed by atoms with E-state index in [0.717, 1.165) is 17.0 Å². The molecular formula is C29H23N5Si. The van der Waals surface area contributed by atoms with Crippen LogP contribution in [-0.2, 0) is 0 Å². The van der Waals surface area contributed by atoms with E-state index in [2.05, 4.69) is 99.7 Å². The first kappa shape index (κ1) is 21.0. The molecule has 0 saturated heterocycles. The topological polar surface area (TPSA) is 48.5 Å². The Balaban J connectivity index is 1.62. The van der Waals surface area contributed by atoms with Crippen molar-refractivity contribution in [1.29, 1.82) is 0 Å². The lowest BCUT2D eigenvalue weighted by Gasteiger charge is -2.31. The smallest absolute Gasteiger partial charge is 0.205 e. The molecular weight excluding hydrogens is 446 g/mol. The van der Waals surface area contributed by atoms with Gasteiger partial charge in [-0.1, -0.05) is 72.8 Å². The van der Waals surface area contributed by atoms with E-state index in [4.69, 9.17) is 5.10 Å². The first-order valence-electron chi connectivity index (χ1n) is 11.5. The van der Waals surface area contributed by atoms with Gasteiger partial charge in [-0.2, -0.15) is 5.10 Å². The average Bonchev–Trinajstić information content (AvgIpc) is 3.63. The van der Waals surface area contributed by atoms with Gasteiger partial charge in [0, 0.05) is 31.0 Å². The minimum Gasteiger partial charge on any atom is -0.309 e. The third kappa shape index (κ3) is 3.70. The molecule has 5 nitrogen and oxygen atoms in total. The summed E-state index contributed by atoms with van der Waals surface area (Å²) in [5, 5.41) is 10.0. The largest absolute Gasteiger partial charge is 0.309 e. The first-order valence-corrected chi connectivity index (χ1v) is 13.5. The number of benzene rings is 2. The van der Waals surface area contributed by atoms with E-state index < -0.39 is 8.07 Å². The Labute approximate surface area is 205 Å². The van der Waals surface area contributed by atoms with Crippen LogP contribution in [0, 0.1) is 0 Å². The summed E-state index contributed by atoms with van der Waals surface area (Å²) in [5.41, 5.74) is 0. The Morgan fingerprint density at radius 1 is 0.514 bits per heavy atom. The fourth-order valence-corrected chi connectivity index (χ4v) is 9.24. The molecule has 2 aromatic carbocycles. The lowest BCUT2D eigenvalue weighted by atomic mass is 10.4. The van der Waals surface area contributed by atoms with Gasteiger partial charge in [0.15, 0.2) is 5.82 Å². The standard InChI is InChI=1S/C29H23N5Si/c1-3-11-24(12-4-1)35(25-13-5-2-6-14-25,26-17-21-33(23-26)27-15-7-9-19-30-27)29-18-22-34(32-29)28-16-8-10-20-31-28/h1-23H. The number of pyridine rings is 2. The van der Waals surface area contributed by atoms with Gasteiger partial charge in [-0.3, -0.25) is 0 Å². The molecule has 0 atom stereocenters. The summed E-state index contributed by atoms with van der Waals surface area (Å²) >= 11 is 0. The Bertz CT molecular complexity index is 1410. The Hall–Kier alpha value is -4.55. The van der Waals surface area contributed by atoms with Gasteiger partial charge in [-0.15, -0.1) is 0 Å². The fraction of sp³-hybridized carbons (Fsp3) is 0. The van der Waals surface area contributed by atoms with Crippen LogP contribution >= 0.6 is 0 Å². The third-order valence-corrected chi connectivity index (χ3v) is 10.9. The molecule has 4 heterocycles. The third-order valence-electron chi connectivity index (χ3n) is 6.31. The van der Waals surface area contributed by atoms with Crippen molar-refractivity contribution in [2.75, 3.05) is 0 Å². The molecule has 6 aromatic rings. The maximum absolute atomic E-state index is 5.16. The molecule has 35 heavy (non-hydrogen) atoms. The molecule has 0 saturated carbocycles. The maximum atomic E-state index is 5.16. The van der Waals surface area contributed by atoms with E-state index in [1.54, 1.807) is 6.20 Å². The van der Waals surface area contributed by atoms with E-state index in [0.29, 0.717) is 0 Å². The summed E-state index contributed by atoms with van der Waals surface area (Å²) in [7, 11) is -2.73. The van der Waals surface area contributed by atoms with Gasteiger partial charge in [0.1, 0.15) is 5.82 Å². The normalized spacial score (nSPS) is 11.4. The van der Waals surface area contributed by atoms with Gasteiger partial charge >= 0.3 is 0 Å². The zero-order valence-electron chi connectivity index (χ0n) is 19.0. The van der Waals surface area contributed by atoms with Crippen molar-refractivity contribution in [2.24, 2.45) is 0 Å². The predicted octanol–water partition coefficient (Wildman–Crippen LogP) is 2.83. The van der Waals surface area contributed by atoms with E-state index >= 15 is 0 Å². The number of rotatable bonds is 6. The van der Waals surface area contributed by atoms with Gasteiger partial charge in [0.05, 0.1) is 5.32 Å². The highest BCUT2D eigenvalue weighted by Crippen LogP contribution is 2.12. The zero-order valence-corrected chi connectivity index (χ0v) is 20.0. The lowest BCUT2D eigenvalue weighted by Crippen LogP contribution is -2.75. The van der Waals surface area contributed by atoms with Crippen molar-refractivity contribution in [2.45, 2.75) is 0 Å². The predicted molar refractivity (Wildman–Crippen MR) is 142 cm³/mol. The Kier molecular flexibility index (Phi) is 5.40. The minimum atomic E-state index is -2.73. The molecule has 0 aliphatic rings. The summed E-state index contributed by atoms with van der Waals surface area (Å²) in [6, 6.07) is 37.8. The minimum absolute atomic E-state index is 0.800. The molecule has 0 N–H and O–H groups in total. The maximum Gasteiger partial charge on any atom is 0.205 e. The van der Waals surface area contributed by atoms with Crippen LogP contribution in [0.1, 0.15) is 0 Å². The Morgan fingerprint density at radius 2 is 1.11 bits per heavy atom. The van der Waals surface area contributed by atoms with Gasteiger partial charge in [-0.25, -0.2) is 14.6 Å². The first-order chi connectivity index (χ1) is 17.4. The van der Waals surface area contributed by atoms with Crippen molar-refractivity contribution in [3.8, 4) is 11.6 Å². The second-order valence-electron chi connectivity index (χ2n) is 8.31. The lowest BCUT2D eigenvalue weighted by molar-refractivity contribution is 0.855. The van der Waals surface area contributed by atoms with Crippen molar-refractivity contribution in [1.82, 2.24) is 24.3 Å². The average molecular weight is 470 g/mol. The van der Waals surface area contributed by atoms with Crippen molar-refractivity contribution in [3.05, 3.63) is 140 Å². The number of aromatic nitrogens is 5. The monoisotopic (exact) mass is 469 g/mol. The van der Waals surface area contributed by atoms with Crippen LogP contribution in [0.2, 0.25) is 0 Å². The molecule has 0 radical (unpaired) electrons. The summed E-state index contributed by atoms with van der Waals surface area (Å²) in [4.78, 5) is 9.07. The number of hydrogen-bond acceptors (Lipinski definition) is 3. The van der Waals surface area contributed by atoms with Crippen molar-refractivity contribution in [3.63, 3.8) is 0 Å². The summed E-state index contributed by atoms with van der Waals surface area (Å²) < 4.78 is 3.97. The number of nitrogens with zero attached hydrogens (tertiary/aromatic N) is 5. The summed E-state index contributed by atoms with van der Waals surface area (Å²) in [5.74, 6) is 1.69. The van der Waals surface area contributed by atoms with E-state index in [1.165, 1.54) is 15.6 Å². The molecule has 6 rings (SSSR count). The van der Waals surface area contributed by atoms with Gasteiger partial charge < -0.3 is 4.57 Å². The quantitative estimate of drug-likeness (QED) is 0.353. The van der Waals surface area contributed by atoms with Crippen LogP contribution in [0.3, 0.4) is 0 Å². The van der Waals surface area contributed by atoms with Crippen LogP contribution in [0.5, 0.6) is 0 Å². The highest BCUT2D eigenvalue weighted by molar-refractivity contribution is 7.19. The van der Waals surface area contributed by atoms with Crippen molar-refractivity contribution < 1.29 is 0 Å². The Morgan fingerprint density at radius 3 is 1.71 bits per heavy atom. The molecule has 0 unspecified atom stereocenters. The van der Waals surface area contributed by atoms with Gasteiger partial charge in [0.25, 0.3) is 0 Å². The number of hydrogen-bond donors (Lipinski definition) is 0. The van der Waals surface area contributed by atoms with Crippen LogP contribution in [-0.4, -0.2) is 32.4 Å². The SMILES string of the molecule is c1ccc([Si](c2ccccc2)(c2ccn(-c3ccccn3)c2)c2ccn(-c3ccccn3)n2)cc1. The van der Waals surface area contributed by atoms with Gasteiger partial charge in [-0.05, 0) is 52.0 Å². The molecule has 0 aliphatic carbocycles. The van der Waals surface area contributed by atoms with Crippen LogP contribution in [0.4, 0.5) is 0 Å². The summed E-state index contributed by atoms with van der Waals surface area (Å²) in [6.07, 6.45) is 9.95. The highest BCUT2D eigenvalue weighted by atomic mass is 28.3. The molecule has 0 amide bonds. The van der Waals surface area contributed by atoms with E-state index in [9.17, 15) is 0 Å². The molecule has 0 fully saturated rings. The second-order valence-corrected chi connectivity index (χ2v) is 12.1. The highest BCUT2D eigenvalue weighted by Gasteiger charge is 2.44. The van der Waals surface area contributed by atoms with Crippen LogP contribution < -0.4 is 20.9 Å². The second kappa shape index (κ2) is 9.00. The molecule has 0 bridgehead atoms.